The van der Waals surface area contributed by atoms with Crippen LogP contribution in [0, 0.1) is 15.9 Å². The van der Waals surface area contributed by atoms with Crippen LogP contribution in [0.3, 0.4) is 0 Å². The van der Waals surface area contributed by atoms with Crippen LogP contribution in [0.15, 0.2) is 18.2 Å². The highest BCUT2D eigenvalue weighted by Crippen LogP contribution is 2.18. The molecule has 0 saturated heterocycles. The van der Waals surface area contributed by atoms with E-state index in [0.29, 0.717) is 6.54 Å². The Morgan fingerprint density at radius 2 is 2.24 bits per heavy atom. The first kappa shape index (κ1) is 13.5. The summed E-state index contributed by atoms with van der Waals surface area (Å²) < 4.78 is 13.3. The molecule has 1 aromatic carbocycles. The molecule has 0 amide bonds. The predicted octanol–water partition coefficient (Wildman–Crippen LogP) is 1.39. The third-order valence-corrected chi connectivity index (χ3v) is 2.40. The lowest BCUT2D eigenvalue weighted by atomic mass is 10.2. The number of benzene rings is 1. The van der Waals surface area contributed by atoms with Crippen molar-refractivity contribution in [2.24, 2.45) is 0 Å². The molecule has 0 aliphatic heterocycles. The van der Waals surface area contributed by atoms with Gasteiger partial charge >= 0.3 is 5.69 Å². The summed E-state index contributed by atoms with van der Waals surface area (Å²) in [7, 11) is 3.77. The summed E-state index contributed by atoms with van der Waals surface area (Å²) in [4.78, 5) is 11.7. The molecule has 0 unspecified atom stereocenters. The van der Waals surface area contributed by atoms with Gasteiger partial charge in [-0.2, -0.15) is 4.39 Å². The zero-order valence-corrected chi connectivity index (χ0v) is 9.94. The Bertz CT molecular complexity index is 398. The summed E-state index contributed by atoms with van der Waals surface area (Å²) in [6.07, 6.45) is 0. The molecule has 0 aromatic heterocycles. The molecule has 5 nitrogen and oxygen atoms in total. The van der Waals surface area contributed by atoms with Crippen LogP contribution in [0.1, 0.15) is 5.56 Å². The summed E-state index contributed by atoms with van der Waals surface area (Å²) in [6.45, 7) is 2.23. The number of hydrogen-bond acceptors (Lipinski definition) is 4. The molecule has 0 saturated carbocycles. The highest BCUT2D eigenvalue weighted by Gasteiger charge is 2.14. The van der Waals surface area contributed by atoms with Crippen molar-refractivity contribution in [3.63, 3.8) is 0 Å². The Kier molecular flexibility index (Phi) is 4.99. The molecule has 0 radical (unpaired) electrons. The number of likely N-dealkylation sites (N-methyl/N-ethyl adjacent to an activating group) is 2. The van der Waals surface area contributed by atoms with Crippen molar-refractivity contribution >= 4 is 5.69 Å². The van der Waals surface area contributed by atoms with Gasteiger partial charge in [0.1, 0.15) is 0 Å². The fourth-order valence-electron chi connectivity index (χ4n) is 1.49. The van der Waals surface area contributed by atoms with Gasteiger partial charge in [-0.3, -0.25) is 10.1 Å². The van der Waals surface area contributed by atoms with Crippen LogP contribution in [0.25, 0.3) is 0 Å². The van der Waals surface area contributed by atoms with E-state index in [9.17, 15) is 14.5 Å². The summed E-state index contributed by atoms with van der Waals surface area (Å²) in [5.41, 5.74) is 0.248. The number of nitrogens with one attached hydrogen (secondary N) is 1. The average molecular weight is 241 g/mol. The monoisotopic (exact) mass is 241 g/mol. The highest BCUT2D eigenvalue weighted by atomic mass is 19.1. The molecule has 17 heavy (non-hydrogen) atoms. The molecule has 94 valence electrons. The van der Waals surface area contributed by atoms with Crippen LogP contribution < -0.4 is 5.32 Å². The standard InChI is InChI=1S/C11H16FN3O2/c1-13-5-6-14(2)8-9-3-4-11(15(16)17)10(12)7-9/h3-4,7,13H,5-6,8H2,1-2H3. The van der Waals surface area contributed by atoms with Gasteiger partial charge in [0.2, 0.25) is 5.82 Å². The van der Waals surface area contributed by atoms with Gasteiger partial charge in [0.15, 0.2) is 0 Å². The Morgan fingerprint density at radius 3 is 2.76 bits per heavy atom. The Morgan fingerprint density at radius 1 is 1.53 bits per heavy atom. The Balaban J connectivity index is 2.67. The first-order chi connectivity index (χ1) is 8.04. The van der Waals surface area contributed by atoms with Crippen molar-refractivity contribution < 1.29 is 9.31 Å². The molecule has 0 aliphatic rings. The maximum absolute atomic E-state index is 13.3. The maximum atomic E-state index is 13.3. The van der Waals surface area contributed by atoms with E-state index in [0.717, 1.165) is 18.7 Å². The lowest BCUT2D eigenvalue weighted by Gasteiger charge is -2.16. The topological polar surface area (TPSA) is 58.4 Å². The molecule has 0 aliphatic carbocycles. The number of nitrogens with zero attached hydrogens (tertiary/aromatic N) is 2. The zero-order chi connectivity index (χ0) is 12.8. The number of hydrogen-bond donors (Lipinski definition) is 1. The van der Waals surface area contributed by atoms with Gasteiger partial charge in [0, 0.05) is 25.7 Å². The molecular weight excluding hydrogens is 225 g/mol. The van der Waals surface area contributed by atoms with E-state index in [4.69, 9.17) is 0 Å². The molecule has 1 aromatic rings. The molecule has 6 heteroatoms. The largest absolute Gasteiger partial charge is 0.318 e. The molecule has 0 fully saturated rings. The Hall–Kier alpha value is -1.53. The predicted molar refractivity (Wildman–Crippen MR) is 63.3 cm³/mol. The van der Waals surface area contributed by atoms with Gasteiger partial charge in [0.25, 0.3) is 0 Å². The van der Waals surface area contributed by atoms with Crippen molar-refractivity contribution in [2.75, 3.05) is 27.2 Å². The second-order valence-electron chi connectivity index (χ2n) is 3.88. The van der Waals surface area contributed by atoms with E-state index >= 15 is 0 Å². The number of nitro groups is 1. The second-order valence-corrected chi connectivity index (χ2v) is 3.88. The molecule has 0 atom stereocenters. The minimum atomic E-state index is -0.783. The fraction of sp³-hybridized carbons (Fsp3) is 0.455. The van der Waals surface area contributed by atoms with Gasteiger partial charge < -0.3 is 10.2 Å². The van der Waals surface area contributed by atoms with Crippen molar-refractivity contribution in [1.82, 2.24) is 10.2 Å². The van der Waals surface area contributed by atoms with Crippen LogP contribution in [0.4, 0.5) is 10.1 Å². The number of rotatable bonds is 6. The van der Waals surface area contributed by atoms with E-state index in [1.54, 1.807) is 6.07 Å². The minimum Gasteiger partial charge on any atom is -0.318 e. The van der Waals surface area contributed by atoms with Gasteiger partial charge in [-0.05, 0) is 25.7 Å². The number of nitro benzene ring substituents is 1. The Labute approximate surface area is 99.4 Å². The molecule has 0 bridgehead atoms. The van der Waals surface area contributed by atoms with Crippen LogP contribution in [0.5, 0.6) is 0 Å². The van der Waals surface area contributed by atoms with Crippen molar-refractivity contribution in [1.29, 1.82) is 0 Å². The fourth-order valence-corrected chi connectivity index (χ4v) is 1.49. The van der Waals surface area contributed by atoms with E-state index in [2.05, 4.69) is 5.32 Å². The van der Waals surface area contributed by atoms with Crippen molar-refractivity contribution in [2.45, 2.75) is 6.54 Å². The summed E-state index contributed by atoms with van der Waals surface area (Å²) in [5, 5.41) is 13.5. The first-order valence-electron chi connectivity index (χ1n) is 5.30. The van der Waals surface area contributed by atoms with E-state index in [1.165, 1.54) is 12.1 Å². The molecular formula is C11H16FN3O2. The van der Waals surface area contributed by atoms with Gasteiger partial charge in [-0.15, -0.1) is 0 Å². The quantitative estimate of drug-likeness (QED) is 0.604. The average Bonchev–Trinajstić information content (AvgIpc) is 2.26. The van der Waals surface area contributed by atoms with E-state index in [-0.39, 0.29) is 0 Å². The SMILES string of the molecule is CNCCN(C)Cc1ccc([N+](=O)[O-])c(F)c1. The molecule has 1 N–H and O–H groups in total. The molecule has 0 heterocycles. The van der Waals surface area contributed by atoms with Crippen molar-refractivity contribution in [3.8, 4) is 0 Å². The lowest BCUT2D eigenvalue weighted by molar-refractivity contribution is -0.387. The maximum Gasteiger partial charge on any atom is 0.304 e. The summed E-state index contributed by atoms with van der Waals surface area (Å²) in [6, 6.07) is 4.00. The van der Waals surface area contributed by atoms with Crippen molar-refractivity contribution in [3.05, 3.63) is 39.7 Å². The zero-order valence-electron chi connectivity index (χ0n) is 9.94. The van der Waals surface area contributed by atoms with Crippen LogP contribution in [0.2, 0.25) is 0 Å². The van der Waals surface area contributed by atoms with E-state index < -0.39 is 16.4 Å². The lowest BCUT2D eigenvalue weighted by Crippen LogP contribution is -2.26. The van der Waals surface area contributed by atoms with Gasteiger partial charge in [0.05, 0.1) is 4.92 Å². The highest BCUT2D eigenvalue weighted by molar-refractivity contribution is 5.34. The third-order valence-electron chi connectivity index (χ3n) is 2.40. The summed E-state index contributed by atoms with van der Waals surface area (Å²) >= 11 is 0. The first-order valence-corrected chi connectivity index (χ1v) is 5.30. The number of halogens is 1. The van der Waals surface area contributed by atoms with Crippen LogP contribution in [-0.2, 0) is 6.54 Å². The third kappa shape index (κ3) is 4.08. The normalized spacial score (nSPS) is 10.8. The molecule has 1 rings (SSSR count). The second kappa shape index (κ2) is 6.27. The van der Waals surface area contributed by atoms with Gasteiger partial charge in [-0.25, -0.2) is 0 Å². The van der Waals surface area contributed by atoms with Crippen LogP contribution >= 0.6 is 0 Å². The van der Waals surface area contributed by atoms with Crippen LogP contribution in [-0.4, -0.2) is 37.0 Å². The van der Waals surface area contributed by atoms with Gasteiger partial charge in [-0.1, -0.05) is 6.07 Å². The minimum absolute atomic E-state index is 0.480. The smallest absolute Gasteiger partial charge is 0.304 e. The van der Waals surface area contributed by atoms with E-state index in [1.807, 2.05) is 19.0 Å². The molecule has 0 spiro atoms. The summed E-state index contributed by atoms with van der Waals surface area (Å²) in [5.74, 6) is -0.783.